The van der Waals surface area contributed by atoms with Gasteiger partial charge in [-0.25, -0.2) is 0 Å². The van der Waals surface area contributed by atoms with Crippen molar-refractivity contribution in [1.82, 2.24) is 10.2 Å². The topological polar surface area (TPSA) is 61.4 Å². The highest BCUT2D eigenvalue weighted by Crippen LogP contribution is 2.16. The van der Waals surface area contributed by atoms with Gasteiger partial charge < -0.3 is 10.6 Å². The van der Waals surface area contributed by atoms with Gasteiger partial charge in [-0.05, 0) is 68.8 Å². The Bertz CT molecular complexity index is 806. The molecule has 0 spiro atoms. The van der Waals surface area contributed by atoms with E-state index in [1.54, 1.807) is 36.2 Å². The van der Waals surface area contributed by atoms with Crippen molar-refractivity contribution < 1.29 is 9.59 Å². The van der Waals surface area contributed by atoms with Crippen molar-refractivity contribution in [2.45, 2.75) is 26.8 Å². The second kappa shape index (κ2) is 9.53. The molecule has 1 atom stereocenters. The van der Waals surface area contributed by atoms with E-state index in [1.165, 1.54) is 11.1 Å². The first kappa shape index (κ1) is 20.9. The molecular weight excluding hydrogens is 362 g/mol. The number of halogens is 1. The zero-order valence-electron chi connectivity index (χ0n) is 16.2. The molecule has 0 aliphatic carbocycles. The van der Waals surface area contributed by atoms with Crippen LogP contribution in [0.1, 0.15) is 29.7 Å². The second-order valence-electron chi connectivity index (χ2n) is 6.86. The molecule has 5 nitrogen and oxygen atoms in total. The Kier molecular flexibility index (Phi) is 7.39. The molecular formula is C21H26ClN3O2. The Balaban J connectivity index is 1.81. The van der Waals surface area contributed by atoms with Gasteiger partial charge in [-0.3, -0.25) is 14.5 Å². The molecule has 0 aromatic heterocycles. The number of nitrogens with zero attached hydrogens (tertiary/aromatic N) is 1. The van der Waals surface area contributed by atoms with Gasteiger partial charge in [-0.1, -0.05) is 29.8 Å². The summed E-state index contributed by atoms with van der Waals surface area (Å²) in [4.78, 5) is 26.0. The molecule has 2 aromatic carbocycles. The van der Waals surface area contributed by atoms with Crippen LogP contribution in [0, 0.1) is 13.8 Å². The summed E-state index contributed by atoms with van der Waals surface area (Å²) in [5, 5.41) is 6.37. The molecule has 0 unspecified atom stereocenters. The third-order valence-electron chi connectivity index (χ3n) is 4.36. The molecule has 2 rings (SSSR count). The number of amides is 2. The normalized spacial score (nSPS) is 11.9. The van der Waals surface area contributed by atoms with Crippen LogP contribution < -0.4 is 10.6 Å². The van der Waals surface area contributed by atoms with Gasteiger partial charge in [0, 0.05) is 10.7 Å². The van der Waals surface area contributed by atoms with Gasteiger partial charge in [0.1, 0.15) is 0 Å². The highest BCUT2D eigenvalue weighted by Gasteiger charge is 2.14. The molecule has 0 saturated carbocycles. The summed E-state index contributed by atoms with van der Waals surface area (Å²) in [6, 6.07) is 13.0. The largest absolute Gasteiger partial charge is 0.348 e. The quantitative estimate of drug-likeness (QED) is 0.761. The fourth-order valence-electron chi connectivity index (χ4n) is 2.68. The lowest BCUT2D eigenvalue weighted by atomic mass is 10.0. The van der Waals surface area contributed by atoms with Crippen molar-refractivity contribution in [2.75, 3.05) is 25.5 Å². The van der Waals surface area contributed by atoms with E-state index in [2.05, 4.69) is 36.6 Å². The monoisotopic (exact) mass is 387 g/mol. The molecule has 2 amide bonds. The predicted octanol–water partition coefficient (Wildman–Crippen LogP) is 3.70. The second-order valence-corrected chi connectivity index (χ2v) is 7.30. The van der Waals surface area contributed by atoms with Crippen LogP contribution >= 0.6 is 11.6 Å². The molecule has 144 valence electrons. The van der Waals surface area contributed by atoms with Crippen LogP contribution in [-0.2, 0) is 9.59 Å². The Morgan fingerprint density at radius 3 is 2.26 bits per heavy atom. The molecule has 0 aliphatic rings. The van der Waals surface area contributed by atoms with E-state index in [0.29, 0.717) is 10.7 Å². The first-order valence-electron chi connectivity index (χ1n) is 8.85. The van der Waals surface area contributed by atoms with Crippen molar-refractivity contribution in [3.63, 3.8) is 0 Å². The molecule has 0 saturated heterocycles. The van der Waals surface area contributed by atoms with Crippen molar-refractivity contribution in [1.29, 1.82) is 0 Å². The maximum Gasteiger partial charge on any atom is 0.238 e. The number of anilines is 1. The van der Waals surface area contributed by atoms with Crippen LogP contribution in [-0.4, -0.2) is 36.9 Å². The van der Waals surface area contributed by atoms with Crippen molar-refractivity contribution in [2.24, 2.45) is 0 Å². The van der Waals surface area contributed by atoms with E-state index in [0.717, 1.165) is 5.56 Å². The third-order valence-corrected chi connectivity index (χ3v) is 4.62. The highest BCUT2D eigenvalue weighted by atomic mass is 35.5. The standard InChI is InChI=1S/C21H26ClN3O2/c1-14-5-6-17(11-15(14)2)16(3)23-20(26)12-25(4)13-21(27)24-19-9-7-18(22)8-10-19/h5-11,16H,12-13H2,1-4H3,(H,23,26)(H,24,27)/t16-/m0/s1. The maximum absolute atomic E-state index is 12.3. The highest BCUT2D eigenvalue weighted by molar-refractivity contribution is 6.30. The van der Waals surface area contributed by atoms with Gasteiger partial charge in [-0.2, -0.15) is 0 Å². The van der Waals surface area contributed by atoms with Gasteiger partial charge in [0.2, 0.25) is 11.8 Å². The minimum absolute atomic E-state index is 0.0897. The Labute approximate surface area is 165 Å². The van der Waals surface area contributed by atoms with E-state index >= 15 is 0 Å². The summed E-state index contributed by atoms with van der Waals surface area (Å²) >= 11 is 5.83. The molecule has 2 N–H and O–H groups in total. The fourth-order valence-corrected chi connectivity index (χ4v) is 2.81. The van der Waals surface area contributed by atoms with Crippen LogP contribution in [0.4, 0.5) is 5.69 Å². The van der Waals surface area contributed by atoms with Crippen LogP contribution in [0.2, 0.25) is 5.02 Å². The SMILES string of the molecule is Cc1ccc([C@H](C)NC(=O)CN(C)CC(=O)Nc2ccc(Cl)cc2)cc1C. The summed E-state index contributed by atoms with van der Waals surface area (Å²) in [7, 11) is 1.74. The number of hydrogen-bond donors (Lipinski definition) is 2. The number of hydrogen-bond acceptors (Lipinski definition) is 3. The summed E-state index contributed by atoms with van der Waals surface area (Å²) < 4.78 is 0. The van der Waals surface area contributed by atoms with Crippen LogP contribution in [0.5, 0.6) is 0 Å². The summed E-state index contributed by atoms with van der Waals surface area (Å²) in [5.74, 6) is -0.308. The third kappa shape index (κ3) is 6.70. The minimum Gasteiger partial charge on any atom is -0.348 e. The lowest BCUT2D eigenvalue weighted by molar-refractivity contribution is -0.123. The maximum atomic E-state index is 12.3. The Morgan fingerprint density at radius 1 is 1.00 bits per heavy atom. The lowest BCUT2D eigenvalue weighted by Gasteiger charge is -2.19. The molecule has 6 heteroatoms. The lowest BCUT2D eigenvalue weighted by Crippen LogP contribution is -2.39. The Morgan fingerprint density at radius 2 is 1.63 bits per heavy atom. The smallest absolute Gasteiger partial charge is 0.238 e. The number of aryl methyl sites for hydroxylation is 2. The summed E-state index contributed by atoms with van der Waals surface area (Å²) in [6.45, 7) is 6.33. The number of carbonyl (C=O) groups excluding carboxylic acids is 2. The summed E-state index contributed by atoms with van der Waals surface area (Å²) in [5.41, 5.74) is 4.16. The van der Waals surface area contributed by atoms with Crippen LogP contribution in [0.25, 0.3) is 0 Å². The molecule has 0 bridgehead atoms. The number of benzene rings is 2. The van der Waals surface area contributed by atoms with E-state index in [9.17, 15) is 9.59 Å². The zero-order chi connectivity index (χ0) is 20.0. The van der Waals surface area contributed by atoms with Crippen molar-refractivity contribution in [3.8, 4) is 0 Å². The fraction of sp³-hybridized carbons (Fsp3) is 0.333. The average molecular weight is 388 g/mol. The number of nitrogens with one attached hydrogen (secondary N) is 2. The van der Waals surface area contributed by atoms with Crippen molar-refractivity contribution >= 4 is 29.1 Å². The molecule has 0 fully saturated rings. The van der Waals surface area contributed by atoms with Gasteiger partial charge >= 0.3 is 0 Å². The van der Waals surface area contributed by atoms with E-state index in [1.807, 2.05) is 13.0 Å². The predicted molar refractivity (Wildman–Crippen MR) is 110 cm³/mol. The summed E-state index contributed by atoms with van der Waals surface area (Å²) in [6.07, 6.45) is 0. The number of likely N-dealkylation sites (N-methyl/N-ethyl adjacent to an activating group) is 1. The molecule has 0 aliphatic heterocycles. The van der Waals surface area contributed by atoms with Gasteiger partial charge in [0.15, 0.2) is 0 Å². The zero-order valence-corrected chi connectivity index (χ0v) is 16.9. The van der Waals surface area contributed by atoms with E-state index in [4.69, 9.17) is 11.6 Å². The molecule has 0 heterocycles. The van der Waals surface area contributed by atoms with E-state index in [-0.39, 0.29) is 30.9 Å². The van der Waals surface area contributed by atoms with Crippen LogP contribution in [0.15, 0.2) is 42.5 Å². The molecule has 0 radical (unpaired) electrons. The molecule has 27 heavy (non-hydrogen) atoms. The van der Waals surface area contributed by atoms with Crippen molar-refractivity contribution in [3.05, 3.63) is 64.2 Å². The van der Waals surface area contributed by atoms with Gasteiger partial charge in [0.25, 0.3) is 0 Å². The van der Waals surface area contributed by atoms with Crippen LogP contribution in [0.3, 0.4) is 0 Å². The van der Waals surface area contributed by atoms with Gasteiger partial charge in [0.05, 0.1) is 19.1 Å². The van der Waals surface area contributed by atoms with Gasteiger partial charge in [-0.15, -0.1) is 0 Å². The number of rotatable bonds is 7. The number of carbonyl (C=O) groups is 2. The first-order chi connectivity index (χ1) is 12.7. The molecule has 2 aromatic rings. The van der Waals surface area contributed by atoms with E-state index < -0.39 is 0 Å². The Hall–Kier alpha value is -2.37. The first-order valence-corrected chi connectivity index (χ1v) is 9.23. The minimum atomic E-state index is -0.185. The average Bonchev–Trinajstić information content (AvgIpc) is 2.58.